The molecular weight excluding hydrogens is 354 g/mol. The van der Waals surface area contributed by atoms with Crippen LogP contribution in [0.5, 0.6) is 0 Å². The van der Waals surface area contributed by atoms with Crippen molar-refractivity contribution in [2.24, 2.45) is 10.7 Å². The monoisotopic (exact) mass is 376 g/mol. The van der Waals surface area contributed by atoms with Gasteiger partial charge < -0.3 is 20.7 Å². The molecule has 2 aromatic carbocycles. The highest BCUT2D eigenvalue weighted by Gasteiger charge is 2.32. The molecule has 1 aliphatic rings. The lowest BCUT2D eigenvalue weighted by atomic mass is 10.1. The largest absolute Gasteiger partial charge is 0.860 e. The van der Waals surface area contributed by atoms with Gasteiger partial charge in [-0.2, -0.15) is 0 Å². The predicted octanol–water partition coefficient (Wildman–Crippen LogP) is 1.51. The Labute approximate surface area is 162 Å². The average Bonchev–Trinajstić information content (AvgIpc) is 3.39. The smallest absolute Gasteiger partial charge is 0.240 e. The fraction of sp³-hybridized carbons (Fsp3) is 0.286. The van der Waals surface area contributed by atoms with E-state index in [4.69, 9.17) is 5.73 Å². The van der Waals surface area contributed by atoms with Gasteiger partial charge in [0.25, 0.3) is 0 Å². The van der Waals surface area contributed by atoms with Crippen LogP contribution in [0.2, 0.25) is 0 Å². The number of aromatic amines is 1. The van der Waals surface area contributed by atoms with Crippen LogP contribution in [-0.4, -0.2) is 45.3 Å². The summed E-state index contributed by atoms with van der Waals surface area (Å²) in [5, 5.41) is 14.9. The molecule has 3 N–H and O–H groups in total. The Morgan fingerprint density at radius 2 is 2.14 bits per heavy atom. The van der Waals surface area contributed by atoms with Gasteiger partial charge in [0.2, 0.25) is 5.91 Å². The van der Waals surface area contributed by atoms with Crippen molar-refractivity contribution in [1.29, 1.82) is 0 Å². The number of nitrogens with one attached hydrogen (secondary N) is 1. The van der Waals surface area contributed by atoms with Crippen LogP contribution in [0.3, 0.4) is 0 Å². The van der Waals surface area contributed by atoms with Crippen LogP contribution in [0, 0.1) is 0 Å². The Morgan fingerprint density at radius 3 is 2.93 bits per heavy atom. The lowest BCUT2D eigenvalue weighted by Gasteiger charge is -2.30. The molecule has 1 amide bonds. The first-order valence-electron chi connectivity index (χ1n) is 9.39. The summed E-state index contributed by atoms with van der Waals surface area (Å²) >= 11 is 0. The Morgan fingerprint density at radius 1 is 1.32 bits per heavy atom. The van der Waals surface area contributed by atoms with Crippen LogP contribution in [0.15, 0.2) is 60.0 Å². The molecule has 1 aromatic heterocycles. The minimum absolute atomic E-state index is 0.223. The SMILES string of the molecule is NC(Cc1cnc[nH]1)C(=O)N1CCCC1C([O-])=Nc1ccc2ccccc2c1. The van der Waals surface area contributed by atoms with Crippen molar-refractivity contribution in [3.63, 3.8) is 0 Å². The molecule has 7 nitrogen and oxygen atoms in total. The fourth-order valence-electron chi connectivity index (χ4n) is 3.67. The number of imidazole rings is 1. The summed E-state index contributed by atoms with van der Waals surface area (Å²) in [5.74, 6) is -0.519. The number of hydrogen-bond donors (Lipinski definition) is 2. The van der Waals surface area contributed by atoms with E-state index < -0.39 is 12.1 Å². The van der Waals surface area contributed by atoms with E-state index >= 15 is 0 Å². The second-order valence-electron chi connectivity index (χ2n) is 7.06. The van der Waals surface area contributed by atoms with Gasteiger partial charge in [0.05, 0.1) is 24.1 Å². The summed E-state index contributed by atoms with van der Waals surface area (Å²) in [6.45, 7) is 0.527. The minimum Gasteiger partial charge on any atom is -0.860 e. The maximum Gasteiger partial charge on any atom is 0.240 e. The van der Waals surface area contributed by atoms with Crippen molar-refractivity contribution in [2.45, 2.75) is 31.3 Å². The predicted molar refractivity (Wildman–Crippen MR) is 106 cm³/mol. The van der Waals surface area contributed by atoms with Crippen molar-refractivity contribution in [3.05, 3.63) is 60.7 Å². The van der Waals surface area contributed by atoms with Gasteiger partial charge in [0, 0.05) is 24.9 Å². The number of carbonyl (C=O) groups excluding carboxylic acids is 1. The highest BCUT2D eigenvalue weighted by atomic mass is 16.3. The molecule has 2 unspecified atom stereocenters. The molecule has 7 heteroatoms. The Bertz CT molecular complexity index is 999. The van der Waals surface area contributed by atoms with Gasteiger partial charge in [-0.25, -0.2) is 4.98 Å². The number of nitrogens with two attached hydrogens (primary N) is 1. The quantitative estimate of drug-likeness (QED) is 0.519. The lowest BCUT2D eigenvalue weighted by molar-refractivity contribution is -0.223. The van der Waals surface area contributed by atoms with Crippen LogP contribution in [0.25, 0.3) is 10.8 Å². The number of aliphatic imine (C=N–C) groups is 1. The van der Waals surface area contributed by atoms with Gasteiger partial charge in [0.15, 0.2) is 0 Å². The number of benzene rings is 2. The molecule has 2 heterocycles. The van der Waals surface area contributed by atoms with E-state index in [1.807, 2.05) is 42.5 Å². The lowest BCUT2D eigenvalue weighted by Crippen LogP contribution is -2.51. The van der Waals surface area contributed by atoms with Crippen LogP contribution in [0.4, 0.5) is 5.69 Å². The number of likely N-dealkylation sites (tertiary alicyclic amines) is 1. The zero-order valence-electron chi connectivity index (χ0n) is 15.4. The molecule has 1 saturated heterocycles. The number of carbonyl (C=O) groups is 1. The molecule has 144 valence electrons. The summed E-state index contributed by atoms with van der Waals surface area (Å²) in [6, 6.07) is 12.3. The zero-order valence-corrected chi connectivity index (χ0v) is 15.4. The Hall–Kier alpha value is -3.19. The molecule has 0 radical (unpaired) electrons. The van der Waals surface area contributed by atoms with Crippen molar-refractivity contribution in [2.75, 3.05) is 6.54 Å². The first-order valence-corrected chi connectivity index (χ1v) is 9.39. The number of amides is 1. The molecule has 3 aromatic rings. The highest BCUT2D eigenvalue weighted by molar-refractivity contribution is 5.91. The molecule has 4 rings (SSSR count). The number of aromatic nitrogens is 2. The third-order valence-corrected chi connectivity index (χ3v) is 5.11. The number of hydrogen-bond acceptors (Lipinski definition) is 5. The van der Waals surface area contributed by atoms with Crippen LogP contribution in [0.1, 0.15) is 18.5 Å². The molecule has 28 heavy (non-hydrogen) atoms. The summed E-state index contributed by atoms with van der Waals surface area (Å²) in [7, 11) is 0. The van der Waals surface area contributed by atoms with Gasteiger partial charge in [-0.05, 0) is 41.6 Å². The second kappa shape index (κ2) is 7.82. The summed E-state index contributed by atoms with van der Waals surface area (Å²) in [5.41, 5.74) is 7.48. The van der Waals surface area contributed by atoms with E-state index in [1.165, 1.54) is 0 Å². The van der Waals surface area contributed by atoms with Crippen LogP contribution >= 0.6 is 0 Å². The Balaban J connectivity index is 1.51. The van der Waals surface area contributed by atoms with Crippen molar-refractivity contribution in [1.82, 2.24) is 14.9 Å². The molecule has 1 fully saturated rings. The maximum absolute atomic E-state index is 12.8. The van der Waals surface area contributed by atoms with E-state index in [-0.39, 0.29) is 11.8 Å². The van der Waals surface area contributed by atoms with E-state index in [0.29, 0.717) is 25.1 Å². The topological polar surface area (TPSA) is 110 Å². The third kappa shape index (κ3) is 3.75. The van der Waals surface area contributed by atoms with E-state index in [9.17, 15) is 9.90 Å². The normalized spacial score (nSPS) is 18.5. The van der Waals surface area contributed by atoms with Crippen LogP contribution in [-0.2, 0) is 11.2 Å². The summed E-state index contributed by atoms with van der Waals surface area (Å²) in [6.07, 6.45) is 4.94. The summed E-state index contributed by atoms with van der Waals surface area (Å²) < 4.78 is 0. The molecule has 2 atom stereocenters. The average molecular weight is 376 g/mol. The molecule has 0 saturated carbocycles. The van der Waals surface area contributed by atoms with Crippen molar-refractivity contribution in [3.8, 4) is 0 Å². The Kier molecular flexibility index (Phi) is 5.08. The molecule has 0 spiro atoms. The van der Waals surface area contributed by atoms with Gasteiger partial charge in [-0.15, -0.1) is 0 Å². The van der Waals surface area contributed by atoms with E-state index in [0.717, 1.165) is 22.9 Å². The molecule has 1 aliphatic heterocycles. The van der Waals surface area contributed by atoms with Gasteiger partial charge >= 0.3 is 0 Å². The van der Waals surface area contributed by atoms with Gasteiger partial charge in [0.1, 0.15) is 0 Å². The third-order valence-electron chi connectivity index (χ3n) is 5.11. The van der Waals surface area contributed by atoms with E-state index in [2.05, 4.69) is 15.0 Å². The highest BCUT2D eigenvalue weighted by Crippen LogP contribution is 2.24. The van der Waals surface area contributed by atoms with Crippen molar-refractivity contribution < 1.29 is 9.90 Å². The van der Waals surface area contributed by atoms with Crippen LogP contribution < -0.4 is 10.8 Å². The fourth-order valence-corrected chi connectivity index (χ4v) is 3.67. The first-order chi connectivity index (χ1) is 13.6. The number of rotatable bonds is 5. The summed E-state index contributed by atoms with van der Waals surface area (Å²) in [4.78, 5) is 25.5. The molecular formula is C21H22N5O2-. The number of H-pyrrole nitrogens is 1. The zero-order chi connectivity index (χ0) is 19.5. The standard InChI is InChI=1S/C21H23N5O2/c22-18(11-17-12-23-13-24-17)21(28)26-9-3-6-19(26)20(27)25-16-8-7-14-4-1-2-5-15(14)10-16/h1-2,4-5,7-8,10,12-13,18-19H,3,6,9,11,22H2,(H,23,24)(H,25,27)/p-1. The van der Waals surface area contributed by atoms with E-state index in [1.54, 1.807) is 17.4 Å². The first kappa shape index (κ1) is 18.2. The number of nitrogens with zero attached hydrogens (tertiary/aromatic N) is 3. The maximum atomic E-state index is 12.8. The number of fused-ring (bicyclic) bond motifs is 1. The minimum atomic E-state index is -0.713. The molecule has 0 bridgehead atoms. The molecule has 0 aliphatic carbocycles. The van der Waals surface area contributed by atoms with Gasteiger partial charge in [-0.1, -0.05) is 30.3 Å². The van der Waals surface area contributed by atoms with Crippen molar-refractivity contribution >= 4 is 28.3 Å². The van der Waals surface area contributed by atoms with Gasteiger partial charge in [-0.3, -0.25) is 9.79 Å². The second-order valence-corrected chi connectivity index (χ2v) is 7.06.